The van der Waals surface area contributed by atoms with Gasteiger partial charge in [-0.2, -0.15) is 0 Å². The molecule has 0 amide bonds. The van der Waals surface area contributed by atoms with Gasteiger partial charge < -0.3 is 9.30 Å². The minimum atomic E-state index is 0.709. The van der Waals surface area contributed by atoms with Gasteiger partial charge in [0.05, 0.1) is 6.61 Å². The third kappa shape index (κ3) is 4.66. The summed E-state index contributed by atoms with van der Waals surface area (Å²) in [5.74, 6) is 1.12. The van der Waals surface area contributed by atoms with Gasteiger partial charge in [0, 0.05) is 19.4 Å². The molecule has 0 fully saturated rings. The first-order chi connectivity index (χ1) is 7.38. The van der Waals surface area contributed by atoms with Gasteiger partial charge in [-0.15, -0.1) is 10.2 Å². The van der Waals surface area contributed by atoms with Crippen molar-refractivity contribution in [1.82, 2.24) is 14.8 Å². The quantitative estimate of drug-likeness (QED) is 0.506. The highest BCUT2D eigenvalue weighted by molar-refractivity contribution is 7.99. The van der Waals surface area contributed by atoms with E-state index in [0.717, 1.165) is 17.5 Å². The fraction of sp³-hybridized carbons (Fsp3) is 0.800. The van der Waals surface area contributed by atoms with Crippen molar-refractivity contribution in [1.29, 1.82) is 0 Å². The van der Waals surface area contributed by atoms with Gasteiger partial charge in [-0.1, -0.05) is 31.5 Å². The monoisotopic (exact) mass is 229 g/mol. The SMILES string of the molecule is CCCCCSc1nncn1CCOC. The van der Waals surface area contributed by atoms with Crippen LogP contribution in [0, 0.1) is 0 Å². The van der Waals surface area contributed by atoms with E-state index >= 15 is 0 Å². The van der Waals surface area contributed by atoms with Crippen LogP contribution < -0.4 is 0 Å². The molecule has 0 bridgehead atoms. The molecule has 0 aliphatic rings. The molecule has 5 heteroatoms. The Morgan fingerprint density at radius 2 is 2.33 bits per heavy atom. The Balaban J connectivity index is 2.29. The largest absolute Gasteiger partial charge is 0.383 e. The van der Waals surface area contributed by atoms with Crippen LogP contribution in [0.25, 0.3) is 0 Å². The molecule has 0 saturated heterocycles. The van der Waals surface area contributed by atoms with E-state index in [4.69, 9.17) is 4.74 Å². The first-order valence-electron chi connectivity index (χ1n) is 5.38. The predicted octanol–water partition coefficient (Wildman–Crippen LogP) is 2.21. The van der Waals surface area contributed by atoms with Gasteiger partial charge in [-0.05, 0) is 6.42 Å². The summed E-state index contributed by atoms with van der Waals surface area (Å²) in [4.78, 5) is 0. The average Bonchev–Trinajstić information content (AvgIpc) is 2.69. The van der Waals surface area contributed by atoms with Crippen LogP contribution in [0.5, 0.6) is 0 Å². The van der Waals surface area contributed by atoms with Crippen LogP contribution in [0.4, 0.5) is 0 Å². The smallest absolute Gasteiger partial charge is 0.191 e. The number of nitrogens with zero attached hydrogens (tertiary/aromatic N) is 3. The number of methoxy groups -OCH3 is 1. The maximum absolute atomic E-state index is 5.03. The molecule has 0 aliphatic heterocycles. The molecule has 1 aromatic heterocycles. The highest BCUT2D eigenvalue weighted by atomic mass is 32.2. The Kier molecular flexibility index (Phi) is 6.43. The van der Waals surface area contributed by atoms with E-state index in [2.05, 4.69) is 17.1 Å². The Morgan fingerprint density at radius 3 is 3.07 bits per heavy atom. The van der Waals surface area contributed by atoms with E-state index < -0.39 is 0 Å². The lowest BCUT2D eigenvalue weighted by Gasteiger charge is -2.04. The lowest BCUT2D eigenvalue weighted by Crippen LogP contribution is -2.04. The van der Waals surface area contributed by atoms with Crippen molar-refractivity contribution in [3.8, 4) is 0 Å². The molecule has 1 aromatic rings. The third-order valence-electron chi connectivity index (χ3n) is 2.10. The molecule has 0 atom stereocenters. The number of unbranched alkanes of at least 4 members (excludes halogenated alkanes) is 2. The molecule has 4 nitrogen and oxygen atoms in total. The zero-order valence-corrected chi connectivity index (χ0v) is 10.3. The van der Waals surface area contributed by atoms with Crippen LogP contribution >= 0.6 is 11.8 Å². The molecule has 15 heavy (non-hydrogen) atoms. The zero-order chi connectivity index (χ0) is 10.9. The van der Waals surface area contributed by atoms with Crippen molar-refractivity contribution in [3.05, 3.63) is 6.33 Å². The van der Waals surface area contributed by atoms with Crippen LogP contribution in [0.3, 0.4) is 0 Å². The zero-order valence-electron chi connectivity index (χ0n) is 9.48. The van der Waals surface area contributed by atoms with E-state index in [0.29, 0.717) is 6.61 Å². The molecule has 0 spiro atoms. The van der Waals surface area contributed by atoms with Crippen LogP contribution in [0.15, 0.2) is 11.5 Å². The van der Waals surface area contributed by atoms with Crippen LogP contribution in [-0.4, -0.2) is 34.2 Å². The van der Waals surface area contributed by atoms with Gasteiger partial charge in [0.1, 0.15) is 6.33 Å². The molecule has 1 rings (SSSR count). The average molecular weight is 229 g/mol. The van der Waals surface area contributed by atoms with Gasteiger partial charge in [0.15, 0.2) is 5.16 Å². The Hall–Kier alpha value is -0.550. The first-order valence-corrected chi connectivity index (χ1v) is 6.36. The summed E-state index contributed by atoms with van der Waals surface area (Å²) in [6, 6.07) is 0. The summed E-state index contributed by atoms with van der Waals surface area (Å²) >= 11 is 1.78. The van der Waals surface area contributed by atoms with Crippen molar-refractivity contribution in [3.63, 3.8) is 0 Å². The standard InChI is InChI=1S/C10H19N3OS/c1-3-4-5-8-15-10-12-11-9-13(10)6-7-14-2/h9H,3-8H2,1-2H3. The second kappa shape index (κ2) is 7.70. The van der Waals surface area contributed by atoms with E-state index in [1.165, 1.54) is 19.3 Å². The van der Waals surface area contributed by atoms with Crippen molar-refractivity contribution in [2.45, 2.75) is 37.9 Å². The summed E-state index contributed by atoms with van der Waals surface area (Å²) in [5, 5.41) is 9.00. The van der Waals surface area contributed by atoms with Gasteiger partial charge >= 0.3 is 0 Å². The number of ether oxygens (including phenoxy) is 1. The van der Waals surface area contributed by atoms with Crippen LogP contribution in [0.2, 0.25) is 0 Å². The Labute approximate surface area is 95.4 Å². The summed E-state index contributed by atoms with van der Waals surface area (Å²) < 4.78 is 7.07. The molecule has 1 heterocycles. The summed E-state index contributed by atoms with van der Waals surface area (Å²) in [6.45, 7) is 3.76. The fourth-order valence-electron chi connectivity index (χ4n) is 1.21. The molecular formula is C10H19N3OS. The van der Waals surface area contributed by atoms with Gasteiger partial charge in [-0.3, -0.25) is 0 Å². The maximum atomic E-state index is 5.03. The van der Waals surface area contributed by atoms with E-state index in [1.54, 1.807) is 25.2 Å². The number of thioether (sulfide) groups is 1. The number of hydrogen-bond donors (Lipinski definition) is 0. The number of rotatable bonds is 8. The van der Waals surface area contributed by atoms with E-state index in [1.807, 2.05) is 4.57 Å². The van der Waals surface area contributed by atoms with Crippen molar-refractivity contribution in [2.75, 3.05) is 19.5 Å². The highest BCUT2D eigenvalue weighted by Gasteiger charge is 2.03. The number of aromatic nitrogens is 3. The van der Waals surface area contributed by atoms with Crippen molar-refractivity contribution in [2.24, 2.45) is 0 Å². The normalized spacial score (nSPS) is 10.8. The minimum absolute atomic E-state index is 0.709. The summed E-state index contributed by atoms with van der Waals surface area (Å²) in [5.41, 5.74) is 0. The number of hydrogen-bond acceptors (Lipinski definition) is 4. The topological polar surface area (TPSA) is 39.9 Å². The lowest BCUT2D eigenvalue weighted by molar-refractivity contribution is 0.184. The van der Waals surface area contributed by atoms with E-state index in [9.17, 15) is 0 Å². The second-order valence-corrected chi connectivity index (χ2v) is 4.42. The molecule has 0 radical (unpaired) electrons. The second-order valence-electron chi connectivity index (χ2n) is 3.36. The molecule has 0 N–H and O–H groups in total. The van der Waals surface area contributed by atoms with Crippen molar-refractivity contribution >= 4 is 11.8 Å². The highest BCUT2D eigenvalue weighted by Crippen LogP contribution is 2.16. The van der Waals surface area contributed by atoms with Gasteiger partial charge in [0.2, 0.25) is 0 Å². The maximum Gasteiger partial charge on any atom is 0.191 e. The van der Waals surface area contributed by atoms with Crippen molar-refractivity contribution < 1.29 is 4.74 Å². The van der Waals surface area contributed by atoms with Gasteiger partial charge in [0.25, 0.3) is 0 Å². The molecule has 0 aliphatic carbocycles. The van der Waals surface area contributed by atoms with E-state index in [-0.39, 0.29) is 0 Å². The van der Waals surface area contributed by atoms with Crippen LogP contribution in [-0.2, 0) is 11.3 Å². The van der Waals surface area contributed by atoms with Gasteiger partial charge in [-0.25, -0.2) is 0 Å². The first kappa shape index (κ1) is 12.5. The molecule has 0 unspecified atom stereocenters. The summed E-state index contributed by atoms with van der Waals surface area (Å²) in [7, 11) is 1.71. The molecule has 0 aromatic carbocycles. The molecule has 86 valence electrons. The lowest BCUT2D eigenvalue weighted by atomic mass is 10.3. The summed E-state index contributed by atoms with van der Waals surface area (Å²) in [6.07, 6.45) is 5.57. The molecular weight excluding hydrogens is 210 g/mol. The fourth-order valence-corrected chi connectivity index (χ4v) is 2.15. The Morgan fingerprint density at radius 1 is 1.47 bits per heavy atom. The predicted molar refractivity (Wildman–Crippen MR) is 62.1 cm³/mol. The van der Waals surface area contributed by atoms with Crippen LogP contribution in [0.1, 0.15) is 26.2 Å². The minimum Gasteiger partial charge on any atom is -0.383 e. The molecule has 0 saturated carbocycles. The third-order valence-corrected chi connectivity index (χ3v) is 3.16. The Bertz CT molecular complexity index is 265.